The van der Waals surface area contributed by atoms with Gasteiger partial charge in [-0.2, -0.15) is 0 Å². The van der Waals surface area contributed by atoms with Crippen LogP contribution in [0.25, 0.3) is 0 Å². The summed E-state index contributed by atoms with van der Waals surface area (Å²) in [5.74, 6) is -0.460. The van der Waals surface area contributed by atoms with Crippen molar-refractivity contribution in [1.82, 2.24) is 0 Å². The molecular weight excluding hydrogens is 235 g/mol. The van der Waals surface area contributed by atoms with E-state index in [9.17, 15) is 9.18 Å². The van der Waals surface area contributed by atoms with Crippen molar-refractivity contribution in [3.63, 3.8) is 0 Å². The zero-order chi connectivity index (χ0) is 12.4. The summed E-state index contributed by atoms with van der Waals surface area (Å²) >= 11 is 1.48. The van der Waals surface area contributed by atoms with Gasteiger partial charge in [0.05, 0.1) is 4.88 Å². The third kappa shape index (κ3) is 2.61. The molecule has 1 nitrogen and oxygen atoms in total. The standard InChI is InChI=1S/C14H13FOS/c1-3-12-4-5-13(17-12)14(16)10-6-9(2)7-11(15)8-10/h4-8H,3H2,1-2H3. The third-order valence-electron chi connectivity index (χ3n) is 2.54. The van der Waals surface area contributed by atoms with E-state index in [-0.39, 0.29) is 11.6 Å². The van der Waals surface area contributed by atoms with Crippen LogP contribution < -0.4 is 0 Å². The Kier molecular flexibility index (Phi) is 3.38. The largest absolute Gasteiger partial charge is 0.288 e. The smallest absolute Gasteiger partial charge is 0.203 e. The molecule has 0 radical (unpaired) electrons. The number of hydrogen-bond donors (Lipinski definition) is 0. The molecule has 0 aliphatic carbocycles. The Hall–Kier alpha value is -1.48. The molecule has 3 heteroatoms. The highest BCUT2D eigenvalue weighted by Gasteiger charge is 2.12. The highest BCUT2D eigenvalue weighted by molar-refractivity contribution is 7.14. The number of rotatable bonds is 3. The fourth-order valence-corrected chi connectivity index (χ4v) is 2.61. The van der Waals surface area contributed by atoms with Gasteiger partial charge < -0.3 is 0 Å². The van der Waals surface area contributed by atoms with Crippen molar-refractivity contribution in [1.29, 1.82) is 0 Å². The van der Waals surface area contributed by atoms with Gasteiger partial charge in [-0.25, -0.2) is 4.39 Å². The molecule has 0 atom stereocenters. The molecule has 2 aromatic rings. The number of halogens is 1. The summed E-state index contributed by atoms with van der Waals surface area (Å²) in [6.45, 7) is 3.83. The molecule has 0 aliphatic rings. The first-order chi connectivity index (χ1) is 8.10. The molecule has 1 aromatic heterocycles. The summed E-state index contributed by atoms with van der Waals surface area (Å²) in [4.78, 5) is 14.0. The summed E-state index contributed by atoms with van der Waals surface area (Å²) in [5.41, 5.74) is 1.19. The van der Waals surface area contributed by atoms with Crippen LogP contribution in [0.3, 0.4) is 0 Å². The van der Waals surface area contributed by atoms with E-state index in [0.717, 1.165) is 12.0 Å². The summed E-state index contributed by atoms with van der Waals surface area (Å²) in [6.07, 6.45) is 0.917. The average molecular weight is 248 g/mol. The Bertz CT molecular complexity index is 537. The fourth-order valence-electron chi connectivity index (χ4n) is 1.70. The van der Waals surface area contributed by atoms with Gasteiger partial charge in [0.15, 0.2) is 0 Å². The van der Waals surface area contributed by atoms with Gasteiger partial charge in [0.25, 0.3) is 0 Å². The molecule has 0 N–H and O–H groups in total. The normalized spacial score (nSPS) is 10.5. The maximum absolute atomic E-state index is 13.2. The SMILES string of the molecule is CCc1ccc(C(=O)c2cc(C)cc(F)c2)s1. The van der Waals surface area contributed by atoms with Gasteiger partial charge >= 0.3 is 0 Å². The molecule has 0 aliphatic heterocycles. The highest BCUT2D eigenvalue weighted by atomic mass is 32.1. The summed E-state index contributed by atoms with van der Waals surface area (Å²) in [6, 6.07) is 8.19. The maximum atomic E-state index is 13.2. The lowest BCUT2D eigenvalue weighted by Crippen LogP contribution is -1.99. The second-order valence-electron chi connectivity index (χ2n) is 3.97. The molecule has 1 aromatic carbocycles. The van der Waals surface area contributed by atoms with Crippen LogP contribution in [0.5, 0.6) is 0 Å². The van der Waals surface area contributed by atoms with Crippen molar-refractivity contribution >= 4 is 17.1 Å². The Labute approximate surface area is 104 Å². The van der Waals surface area contributed by atoms with Crippen LogP contribution in [0.15, 0.2) is 30.3 Å². The van der Waals surface area contributed by atoms with E-state index in [2.05, 4.69) is 0 Å². The number of hydrogen-bond acceptors (Lipinski definition) is 2. The number of ketones is 1. The molecule has 0 unspecified atom stereocenters. The van der Waals surface area contributed by atoms with Crippen LogP contribution in [-0.2, 0) is 6.42 Å². The van der Waals surface area contributed by atoms with E-state index >= 15 is 0 Å². The predicted octanol–water partition coefficient (Wildman–Crippen LogP) is 3.99. The Morgan fingerprint density at radius 2 is 2.06 bits per heavy atom. The minimum absolute atomic E-state index is 0.0997. The topological polar surface area (TPSA) is 17.1 Å². The monoisotopic (exact) mass is 248 g/mol. The molecule has 17 heavy (non-hydrogen) atoms. The van der Waals surface area contributed by atoms with Gasteiger partial charge in [0, 0.05) is 10.4 Å². The van der Waals surface area contributed by atoms with Gasteiger partial charge in [-0.15, -0.1) is 11.3 Å². The van der Waals surface area contributed by atoms with Gasteiger partial charge in [0.1, 0.15) is 5.82 Å². The van der Waals surface area contributed by atoms with Crippen LogP contribution in [0, 0.1) is 12.7 Å². The molecule has 0 spiro atoms. The van der Waals surface area contributed by atoms with Crippen LogP contribution in [0.2, 0.25) is 0 Å². The van der Waals surface area contributed by atoms with Crippen LogP contribution >= 0.6 is 11.3 Å². The Morgan fingerprint density at radius 1 is 1.29 bits per heavy atom. The molecule has 2 rings (SSSR count). The predicted molar refractivity (Wildman–Crippen MR) is 68.3 cm³/mol. The van der Waals surface area contributed by atoms with E-state index in [1.165, 1.54) is 28.3 Å². The number of thiophene rings is 1. The zero-order valence-corrected chi connectivity index (χ0v) is 10.6. The molecule has 1 heterocycles. The lowest BCUT2D eigenvalue weighted by molar-refractivity contribution is 0.104. The van der Waals surface area contributed by atoms with Crippen molar-refractivity contribution in [2.45, 2.75) is 20.3 Å². The molecule has 0 fully saturated rings. The Balaban J connectivity index is 2.36. The van der Waals surface area contributed by atoms with Crippen LogP contribution in [-0.4, -0.2) is 5.78 Å². The van der Waals surface area contributed by atoms with Gasteiger partial charge in [-0.1, -0.05) is 6.92 Å². The maximum Gasteiger partial charge on any atom is 0.203 e. The summed E-state index contributed by atoms with van der Waals surface area (Å²) < 4.78 is 13.2. The minimum Gasteiger partial charge on any atom is -0.288 e. The van der Waals surface area contributed by atoms with E-state index in [1.54, 1.807) is 13.0 Å². The molecule has 0 saturated carbocycles. The second-order valence-corrected chi connectivity index (χ2v) is 5.13. The zero-order valence-electron chi connectivity index (χ0n) is 9.79. The minimum atomic E-state index is -0.361. The molecule has 0 saturated heterocycles. The van der Waals surface area contributed by atoms with Gasteiger partial charge in [-0.3, -0.25) is 4.79 Å². The first-order valence-corrected chi connectivity index (χ1v) is 6.32. The second kappa shape index (κ2) is 4.80. The van der Waals surface area contributed by atoms with Crippen molar-refractivity contribution < 1.29 is 9.18 Å². The van der Waals surface area contributed by atoms with E-state index in [1.807, 2.05) is 19.1 Å². The first-order valence-electron chi connectivity index (χ1n) is 5.50. The molecular formula is C14H13FOS. The van der Waals surface area contributed by atoms with Crippen molar-refractivity contribution in [2.75, 3.05) is 0 Å². The lowest BCUT2D eigenvalue weighted by Gasteiger charge is -2.00. The first kappa shape index (κ1) is 12.0. The molecule has 0 amide bonds. The van der Waals surface area contributed by atoms with Crippen LogP contribution in [0.4, 0.5) is 4.39 Å². The number of aryl methyl sites for hydroxylation is 2. The van der Waals surface area contributed by atoms with Gasteiger partial charge in [-0.05, 0) is 49.2 Å². The quantitative estimate of drug-likeness (QED) is 0.751. The number of benzene rings is 1. The third-order valence-corrected chi connectivity index (χ3v) is 3.77. The summed E-state index contributed by atoms with van der Waals surface area (Å²) in [5, 5.41) is 0. The Morgan fingerprint density at radius 3 is 2.65 bits per heavy atom. The summed E-state index contributed by atoms with van der Waals surface area (Å²) in [7, 11) is 0. The molecule has 0 bridgehead atoms. The number of carbonyl (C=O) groups excluding carboxylic acids is 1. The van der Waals surface area contributed by atoms with Gasteiger partial charge in [0.2, 0.25) is 5.78 Å². The van der Waals surface area contributed by atoms with E-state index < -0.39 is 0 Å². The lowest BCUT2D eigenvalue weighted by atomic mass is 10.1. The van der Waals surface area contributed by atoms with Crippen molar-refractivity contribution in [3.8, 4) is 0 Å². The van der Waals surface area contributed by atoms with Crippen molar-refractivity contribution in [3.05, 3.63) is 57.0 Å². The van der Waals surface area contributed by atoms with Crippen molar-refractivity contribution in [2.24, 2.45) is 0 Å². The van der Waals surface area contributed by atoms with Crippen LogP contribution in [0.1, 0.15) is 32.6 Å². The van der Waals surface area contributed by atoms with E-state index in [4.69, 9.17) is 0 Å². The number of carbonyl (C=O) groups is 1. The average Bonchev–Trinajstić information content (AvgIpc) is 2.75. The highest BCUT2D eigenvalue weighted by Crippen LogP contribution is 2.21. The van der Waals surface area contributed by atoms with E-state index in [0.29, 0.717) is 10.4 Å². The fraction of sp³-hybridized carbons (Fsp3) is 0.214. The molecule has 88 valence electrons.